The maximum absolute atomic E-state index is 2.37. The van der Waals surface area contributed by atoms with E-state index >= 15 is 0 Å². The molecule has 1 aromatic heterocycles. The fraction of sp³-hybridized carbons (Fsp3) is 0. The Morgan fingerprint density at radius 2 is 0.957 bits per heavy atom. The lowest BCUT2D eigenvalue weighted by Crippen LogP contribution is -2.09. The average Bonchev–Trinajstić information content (AvgIpc) is 3.48. The molecule has 8 aromatic carbocycles. The Hall–Kier alpha value is -5.70. The van der Waals surface area contributed by atoms with Crippen molar-refractivity contribution in [3.63, 3.8) is 0 Å². The van der Waals surface area contributed by atoms with E-state index in [4.69, 9.17) is 0 Å². The fourth-order valence-electron chi connectivity index (χ4n) is 6.83. The van der Waals surface area contributed by atoms with E-state index in [2.05, 4.69) is 181 Å². The summed E-state index contributed by atoms with van der Waals surface area (Å²) >= 11 is 1.87. The average molecular weight is 604 g/mol. The second-order valence-corrected chi connectivity index (χ2v) is 12.9. The zero-order valence-corrected chi connectivity index (χ0v) is 25.9. The van der Waals surface area contributed by atoms with Crippen molar-refractivity contribution in [1.82, 2.24) is 0 Å². The van der Waals surface area contributed by atoms with Crippen molar-refractivity contribution in [3.05, 3.63) is 176 Å². The molecule has 0 N–H and O–H groups in total. The molecule has 0 aliphatic heterocycles. The molecule has 9 aromatic rings. The normalized spacial score (nSPS) is 11.5. The molecule has 216 valence electrons. The predicted octanol–water partition coefficient (Wildman–Crippen LogP) is 13.2. The summed E-state index contributed by atoms with van der Waals surface area (Å²) in [5, 5.41) is 7.71. The van der Waals surface area contributed by atoms with Gasteiger partial charge in [0.05, 0.1) is 0 Å². The van der Waals surface area contributed by atoms with Gasteiger partial charge in [-0.3, -0.25) is 0 Å². The zero-order valence-electron chi connectivity index (χ0n) is 25.1. The Balaban J connectivity index is 1.18. The highest BCUT2D eigenvalue weighted by Crippen LogP contribution is 2.43. The smallest absolute Gasteiger partial charge is 0.0476 e. The Morgan fingerprint density at radius 3 is 1.74 bits per heavy atom. The molecular weight excluding hydrogens is 575 g/mol. The van der Waals surface area contributed by atoms with Crippen LogP contribution in [0, 0.1) is 0 Å². The first kappa shape index (κ1) is 26.7. The maximum Gasteiger partial charge on any atom is 0.0476 e. The first-order valence-electron chi connectivity index (χ1n) is 15.7. The highest BCUT2D eigenvalue weighted by Gasteiger charge is 2.17. The third kappa shape index (κ3) is 4.54. The van der Waals surface area contributed by atoms with Crippen molar-refractivity contribution in [2.24, 2.45) is 0 Å². The molecule has 0 spiro atoms. The lowest BCUT2D eigenvalue weighted by Gasteiger charge is -2.26. The lowest BCUT2D eigenvalue weighted by molar-refractivity contribution is 1.29. The van der Waals surface area contributed by atoms with E-state index in [0.717, 1.165) is 17.1 Å². The van der Waals surface area contributed by atoms with E-state index in [0.29, 0.717) is 0 Å². The molecule has 1 heterocycles. The van der Waals surface area contributed by atoms with Gasteiger partial charge in [-0.25, -0.2) is 0 Å². The van der Waals surface area contributed by atoms with Crippen molar-refractivity contribution in [2.45, 2.75) is 0 Å². The number of nitrogens with zero attached hydrogens (tertiary/aromatic N) is 1. The lowest BCUT2D eigenvalue weighted by atomic mass is 9.89. The summed E-state index contributed by atoms with van der Waals surface area (Å²) in [4.78, 5) is 2.37. The third-order valence-corrected chi connectivity index (χ3v) is 10.1. The Bertz CT molecular complexity index is 2510. The molecule has 0 saturated heterocycles. The van der Waals surface area contributed by atoms with Crippen LogP contribution in [0.15, 0.2) is 176 Å². The topological polar surface area (TPSA) is 3.24 Å². The number of thiophene rings is 1. The minimum absolute atomic E-state index is 1.13. The maximum atomic E-state index is 2.37. The molecule has 0 bridgehead atoms. The highest BCUT2D eigenvalue weighted by molar-refractivity contribution is 7.25. The van der Waals surface area contributed by atoms with Gasteiger partial charge in [-0.05, 0) is 92.3 Å². The summed E-state index contributed by atoms with van der Waals surface area (Å²) in [5.41, 5.74) is 8.36. The number of para-hydroxylation sites is 1. The largest absolute Gasteiger partial charge is 0.310 e. The standard InChI is InChI=1S/C44H29NS/c1-3-11-30(12-4-1)39-25-21-31-13-9-10-18-38(31)44(39)32-19-22-36(23-20-32)45(35-16-5-2-6-17-35)37-24-26-40-41-27-33-14-7-8-15-34(33)28-42(41)46-43(40)29-37/h1-29H. The number of hydrogen-bond acceptors (Lipinski definition) is 2. The number of rotatable bonds is 5. The van der Waals surface area contributed by atoms with Gasteiger partial charge in [0, 0.05) is 37.2 Å². The van der Waals surface area contributed by atoms with Crippen LogP contribution in [0.1, 0.15) is 0 Å². The van der Waals surface area contributed by atoms with Crippen molar-refractivity contribution < 1.29 is 0 Å². The van der Waals surface area contributed by atoms with E-state index in [1.54, 1.807) is 0 Å². The van der Waals surface area contributed by atoms with Gasteiger partial charge >= 0.3 is 0 Å². The SMILES string of the molecule is c1ccc(-c2ccc3ccccc3c2-c2ccc(N(c3ccccc3)c3ccc4c(c3)sc3cc5ccccc5cc34)cc2)cc1. The molecular formula is C44H29NS. The zero-order chi connectivity index (χ0) is 30.5. The summed E-state index contributed by atoms with van der Waals surface area (Å²) < 4.78 is 2.62. The van der Waals surface area contributed by atoms with Gasteiger partial charge < -0.3 is 4.90 Å². The van der Waals surface area contributed by atoms with Gasteiger partial charge in [0.1, 0.15) is 0 Å². The van der Waals surface area contributed by atoms with Gasteiger partial charge in [-0.1, -0.05) is 127 Å². The molecule has 0 aliphatic carbocycles. The van der Waals surface area contributed by atoms with Crippen LogP contribution in [0.4, 0.5) is 17.1 Å². The predicted molar refractivity (Wildman–Crippen MR) is 200 cm³/mol. The second kappa shape index (κ2) is 11.0. The Morgan fingerprint density at radius 1 is 0.348 bits per heavy atom. The summed E-state index contributed by atoms with van der Waals surface area (Å²) in [6.45, 7) is 0. The van der Waals surface area contributed by atoms with Crippen LogP contribution in [0.2, 0.25) is 0 Å². The minimum atomic E-state index is 1.13. The first-order valence-corrected chi connectivity index (χ1v) is 16.5. The molecule has 0 radical (unpaired) electrons. The molecule has 9 rings (SSSR count). The highest BCUT2D eigenvalue weighted by atomic mass is 32.1. The van der Waals surface area contributed by atoms with Gasteiger partial charge in [-0.15, -0.1) is 11.3 Å². The van der Waals surface area contributed by atoms with E-state index in [-0.39, 0.29) is 0 Å². The van der Waals surface area contributed by atoms with Crippen LogP contribution in [-0.2, 0) is 0 Å². The molecule has 46 heavy (non-hydrogen) atoms. The molecule has 0 amide bonds. The second-order valence-electron chi connectivity index (χ2n) is 11.8. The van der Waals surface area contributed by atoms with Gasteiger partial charge in [0.25, 0.3) is 0 Å². The van der Waals surface area contributed by atoms with Gasteiger partial charge in [-0.2, -0.15) is 0 Å². The molecule has 0 atom stereocenters. The van der Waals surface area contributed by atoms with Crippen molar-refractivity contribution >= 4 is 70.1 Å². The fourth-order valence-corrected chi connectivity index (χ4v) is 8.00. The van der Waals surface area contributed by atoms with Crippen LogP contribution in [0.3, 0.4) is 0 Å². The molecule has 0 aliphatic rings. The van der Waals surface area contributed by atoms with Gasteiger partial charge in [0.15, 0.2) is 0 Å². The summed E-state index contributed by atoms with van der Waals surface area (Å²) in [7, 11) is 0. The number of anilines is 3. The first-order chi connectivity index (χ1) is 22.8. The van der Waals surface area contributed by atoms with Gasteiger partial charge in [0.2, 0.25) is 0 Å². The van der Waals surface area contributed by atoms with Crippen LogP contribution in [0.25, 0.3) is 64.0 Å². The van der Waals surface area contributed by atoms with Crippen LogP contribution < -0.4 is 4.90 Å². The van der Waals surface area contributed by atoms with E-state index < -0.39 is 0 Å². The molecule has 0 unspecified atom stereocenters. The summed E-state index contributed by atoms with van der Waals surface area (Å²) in [6, 6.07) is 63.9. The number of fused-ring (bicyclic) bond motifs is 5. The quantitative estimate of drug-likeness (QED) is 0.189. The Kier molecular flexibility index (Phi) is 6.40. The molecule has 0 saturated carbocycles. The third-order valence-electron chi connectivity index (χ3n) is 9.02. The summed E-state index contributed by atoms with van der Waals surface area (Å²) in [6.07, 6.45) is 0. The Labute approximate surface area is 272 Å². The summed E-state index contributed by atoms with van der Waals surface area (Å²) in [5.74, 6) is 0. The van der Waals surface area contributed by atoms with E-state index in [9.17, 15) is 0 Å². The van der Waals surface area contributed by atoms with E-state index in [1.807, 2.05) is 11.3 Å². The molecule has 2 heteroatoms. The van der Waals surface area contributed by atoms with Crippen LogP contribution >= 0.6 is 11.3 Å². The van der Waals surface area contributed by atoms with E-state index in [1.165, 1.54) is 64.0 Å². The van der Waals surface area contributed by atoms with Crippen LogP contribution in [0.5, 0.6) is 0 Å². The van der Waals surface area contributed by atoms with Crippen molar-refractivity contribution in [1.29, 1.82) is 0 Å². The monoisotopic (exact) mass is 603 g/mol. The molecule has 0 fully saturated rings. The number of hydrogen-bond donors (Lipinski definition) is 0. The van der Waals surface area contributed by atoms with Crippen molar-refractivity contribution in [3.8, 4) is 22.3 Å². The molecule has 1 nitrogen and oxygen atoms in total. The minimum Gasteiger partial charge on any atom is -0.310 e. The van der Waals surface area contributed by atoms with Crippen LogP contribution in [-0.4, -0.2) is 0 Å². The number of benzene rings is 8. The van der Waals surface area contributed by atoms with Crippen molar-refractivity contribution in [2.75, 3.05) is 4.90 Å².